The number of halogens is 2. The van der Waals surface area contributed by atoms with E-state index in [0.29, 0.717) is 22.7 Å². The molecule has 2 amide bonds. The van der Waals surface area contributed by atoms with Crippen LogP contribution in [0, 0.1) is 0 Å². The summed E-state index contributed by atoms with van der Waals surface area (Å²) in [6.07, 6.45) is 1.45. The molecule has 1 aliphatic rings. The third kappa shape index (κ3) is 3.56. The maximum atomic E-state index is 12.5. The number of benzene rings is 1. The number of ether oxygens (including phenoxy) is 1. The van der Waals surface area contributed by atoms with Crippen molar-refractivity contribution in [3.8, 4) is 5.75 Å². The molecule has 2 heterocycles. The standard InChI is InChI=1S/C15H13F2N3O3S/c16-15(17)23-11-4-3-10(9-2-1-5-18-14(9)11)19-12(21)6-20-8-24-7-13(20)22/h1-5,15H,6-8H2,(H,19,21). The van der Waals surface area contributed by atoms with Crippen LogP contribution < -0.4 is 10.1 Å². The predicted molar refractivity (Wildman–Crippen MR) is 86.0 cm³/mol. The van der Waals surface area contributed by atoms with Gasteiger partial charge in [0, 0.05) is 11.6 Å². The second kappa shape index (κ2) is 7.00. The molecule has 9 heteroatoms. The molecule has 6 nitrogen and oxygen atoms in total. The zero-order valence-electron chi connectivity index (χ0n) is 12.4. The average Bonchev–Trinajstić information content (AvgIpc) is 2.94. The predicted octanol–water partition coefficient (Wildman–Crippen LogP) is 2.31. The lowest BCUT2D eigenvalue weighted by Crippen LogP contribution is -2.34. The highest BCUT2D eigenvalue weighted by Gasteiger charge is 2.23. The van der Waals surface area contributed by atoms with Crippen LogP contribution in [-0.4, -0.2) is 46.5 Å². The van der Waals surface area contributed by atoms with Gasteiger partial charge in [-0.1, -0.05) is 0 Å². The Balaban J connectivity index is 1.82. The van der Waals surface area contributed by atoms with Crippen LogP contribution in [-0.2, 0) is 9.59 Å². The van der Waals surface area contributed by atoms with E-state index in [1.54, 1.807) is 12.1 Å². The molecule has 3 rings (SSSR count). The number of thioether (sulfide) groups is 1. The summed E-state index contributed by atoms with van der Waals surface area (Å²) >= 11 is 1.45. The Kier molecular flexibility index (Phi) is 4.79. The molecule has 1 aromatic carbocycles. The van der Waals surface area contributed by atoms with Crippen molar-refractivity contribution in [3.05, 3.63) is 30.5 Å². The monoisotopic (exact) mass is 353 g/mol. The Morgan fingerprint density at radius 2 is 2.25 bits per heavy atom. The molecular formula is C15H13F2N3O3S. The Morgan fingerprint density at radius 1 is 1.42 bits per heavy atom. The molecule has 1 aliphatic heterocycles. The van der Waals surface area contributed by atoms with Crippen molar-refractivity contribution in [3.63, 3.8) is 0 Å². The number of hydrogen-bond donors (Lipinski definition) is 1. The van der Waals surface area contributed by atoms with Crippen LogP contribution in [0.2, 0.25) is 0 Å². The topological polar surface area (TPSA) is 71.5 Å². The summed E-state index contributed by atoms with van der Waals surface area (Å²) in [6.45, 7) is -3.02. The maximum Gasteiger partial charge on any atom is 0.387 e. The number of hydrogen-bond acceptors (Lipinski definition) is 5. The minimum Gasteiger partial charge on any atom is -0.432 e. The number of carbonyl (C=O) groups is 2. The third-order valence-corrected chi connectivity index (χ3v) is 4.33. The van der Waals surface area contributed by atoms with E-state index in [4.69, 9.17) is 0 Å². The Bertz CT molecular complexity index is 788. The molecule has 0 atom stereocenters. The van der Waals surface area contributed by atoms with E-state index >= 15 is 0 Å². The van der Waals surface area contributed by atoms with Crippen LogP contribution >= 0.6 is 11.8 Å². The zero-order chi connectivity index (χ0) is 17.1. The fourth-order valence-corrected chi connectivity index (χ4v) is 3.25. The van der Waals surface area contributed by atoms with Crippen molar-refractivity contribution in [1.82, 2.24) is 9.88 Å². The summed E-state index contributed by atoms with van der Waals surface area (Å²) in [7, 11) is 0. The molecule has 126 valence electrons. The van der Waals surface area contributed by atoms with Crippen LogP contribution in [0.4, 0.5) is 14.5 Å². The molecule has 0 radical (unpaired) electrons. The quantitative estimate of drug-likeness (QED) is 0.893. The molecule has 1 fully saturated rings. The van der Waals surface area contributed by atoms with Crippen LogP contribution in [0.25, 0.3) is 10.9 Å². The van der Waals surface area contributed by atoms with Gasteiger partial charge >= 0.3 is 6.61 Å². The molecular weight excluding hydrogens is 340 g/mol. The van der Waals surface area contributed by atoms with Gasteiger partial charge in [0.15, 0.2) is 5.75 Å². The Labute approximate surface area is 140 Å². The van der Waals surface area contributed by atoms with Gasteiger partial charge in [0.05, 0.1) is 17.3 Å². The lowest BCUT2D eigenvalue weighted by atomic mass is 10.1. The first-order chi connectivity index (χ1) is 11.5. The summed E-state index contributed by atoms with van der Waals surface area (Å²) in [4.78, 5) is 29.2. The Morgan fingerprint density at radius 3 is 2.96 bits per heavy atom. The fraction of sp³-hybridized carbons (Fsp3) is 0.267. The number of nitrogens with one attached hydrogen (secondary N) is 1. The van der Waals surface area contributed by atoms with Gasteiger partial charge in [-0.2, -0.15) is 8.78 Å². The first-order valence-corrected chi connectivity index (χ1v) is 8.18. The number of pyridine rings is 1. The van der Waals surface area contributed by atoms with E-state index in [-0.39, 0.29) is 29.6 Å². The third-order valence-electron chi connectivity index (χ3n) is 3.38. The van der Waals surface area contributed by atoms with Crippen LogP contribution in [0.5, 0.6) is 5.75 Å². The molecule has 1 saturated heterocycles. The number of anilines is 1. The normalized spacial score (nSPS) is 14.5. The van der Waals surface area contributed by atoms with E-state index in [1.165, 1.54) is 35.0 Å². The van der Waals surface area contributed by atoms with Crippen LogP contribution in [0.15, 0.2) is 30.5 Å². The summed E-state index contributed by atoms with van der Waals surface area (Å²) in [5.41, 5.74) is 0.646. The molecule has 24 heavy (non-hydrogen) atoms. The molecule has 0 unspecified atom stereocenters. The van der Waals surface area contributed by atoms with Crippen LogP contribution in [0.1, 0.15) is 0 Å². The molecule has 0 saturated carbocycles. The fourth-order valence-electron chi connectivity index (χ4n) is 2.35. The highest BCUT2D eigenvalue weighted by molar-refractivity contribution is 8.00. The highest BCUT2D eigenvalue weighted by atomic mass is 32.2. The first-order valence-electron chi connectivity index (χ1n) is 7.02. The molecule has 1 aromatic heterocycles. The van der Waals surface area contributed by atoms with Gasteiger partial charge in [-0.25, -0.2) is 0 Å². The van der Waals surface area contributed by atoms with Gasteiger partial charge in [0.2, 0.25) is 11.8 Å². The van der Waals surface area contributed by atoms with E-state index in [0.717, 1.165) is 0 Å². The molecule has 0 bridgehead atoms. The van der Waals surface area contributed by atoms with Gasteiger partial charge in [0.1, 0.15) is 12.1 Å². The molecule has 2 aromatic rings. The number of aromatic nitrogens is 1. The lowest BCUT2D eigenvalue weighted by Gasteiger charge is -2.16. The van der Waals surface area contributed by atoms with Gasteiger partial charge in [-0.05, 0) is 24.3 Å². The lowest BCUT2D eigenvalue weighted by molar-refractivity contribution is -0.130. The molecule has 1 N–H and O–H groups in total. The summed E-state index contributed by atoms with van der Waals surface area (Å²) in [6, 6.07) is 6.08. The van der Waals surface area contributed by atoms with E-state index in [9.17, 15) is 18.4 Å². The maximum absolute atomic E-state index is 12.5. The largest absolute Gasteiger partial charge is 0.432 e. The molecule has 0 aliphatic carbocycles. The number of amides is 2. The summed E-state index contributed by atoms with van der Waals surface area (Å²) < 4.78 is 29.4. The van der Waals surface area contributed by atoms with Gasteiger partial charge in [0.25, 0.3) is 0 Å². The van der Waals surface area contributed by atoms with Crippen molar-refractivity contribution < 1.29 is 23.1 Å². The van der Waals surface area contributed by atoms with E-state index in [1.807, 2.05) is 0 Å². The first kappa shape index (κ1) is 16.4. The summed E-state index contributed by atoms with van der Waals surface area (Å²) in [5, 5.41) is 3.17. The number of fused-ring (bicyclic) bond motifs is 1. The molecule has 0 spiro atoms. The van der Waals surface area contributed by atoms with E-state index in [2.05, 4.69) is 15.0 Å². The number of alkyl halides is 2. The van der Waals surface area contributed by atoms with Crippen molar-refractivity contribution in [2.75, 3.05) is 23.5 Å². The number of rotatable bonds is 5. The zero-order valence-corrected chi connectivity index (χ0v) is 13.2. The second-order valence-corrected chi connectivity index (χ2v) is 5.96. The number of carbonyl (C=O) groups excluding carboxylic acids is 2. The van der Waals surface area contributed by atoms with E-state index < -0.39 is 6.61 Å². The highest BCUT2D eigenvalue weighted by Crippen LogP contribution is 2.31. The Hall–Kier alpha value is -2.42. The van der Waals surface area contributed by atoms with Crippen molar-refractivity contribution in [2.45, 2.75) is 6.61 Å². The summed E-state index contributed by atoms with van der Waals surface area (Å²) in [5.74, 6) is 0.348. The SMILES string of the molecule is O=C(CN1CSCC1=O)Nc1ccc(OC(F)F)c2ncccc12. The van der Waals surface area contributed by atoms with Gasteiger partial charge in [-0.3, -0.25) is 14.6 Å². The average molecular weight is 353 g/mol. The number of nitrogens with zero attached hydrogens (tertiary/aromatic N) is 2. The van der Waals surface area contributed by atoms with Gasteiger partial charge in [-0.15, -0.1) is 11.8 Å². The smallest absolute Gasteiger partial charge is 0.387 e. The minimum atomic E-state index is -2.96. The van der Waals surface area contributed by atoms with Crippen LogP contribution in [0.3, 0.4) is 0 Å². The van der Waals surface area contributed by atoms with Crippen molar-refractivity contribution in [1.29, 1.82) is 0 Å². The minimum absolute atomic E-state index is 0.0527. The van der Waals surface area contributed by atoms with Crippen molar-refractivity contribution in [2.24, 2.45) is 0 Å². The van der Waals surface area contributed by atoms with Crippen molar-refractivity contribution >= 4 is 40.2 Å². The second-order valence-electron chi connectivity index (χ2n) is 5.01. The van der Waals surface area contributed by atoms with Gasteiger partial charge < -0.3 is 15.0 Å².